The van der Waals surface area contributed by atoms with Crippen LogP contribution < -0.4 is 0 Å². The van der Waals surface area contributed by atoms with Gasteiger partial charge in [-0.3, -0.25) is 0 Å². The third-order valence-electron chi connectivity index (χ3n) is 5.32. The van der Waals surface area contributed by atoms with Crippen molar-refractivity contribution in [2.24, 2.45) is 0 Å². The molecule has 0 fully saturated rings. The number of nitrogens with zero attached hydrogens (tertiary/aromatic N) is 4. The average Bonchev–Trinajstić information content (AvgIpc) is 3.44. The second-order valence-corrected chi connectivity index (χ2v) is 22.5. The predicted octanol–water partition coefficient (Wildman–Crippen LogP) is 6.14. The van der Waals surface area contributed by atoms with Crippen LogP contribution in [0.4, 0.5) is 17.6 Å². The lowest BCUT2D eigenvalue weighted by Crippen LogP contribution is -2.22. The smallest absolute Gasteiger partial charge is 0.341 e. The van der Waals surface area contributed by atoms with E-state index in [9.17, 15) is 27.2 Å². The van der Waals surface area contributed by atoms with Gasteiger partial charge in [0.2, 0.25) is 0 Å². The molecule has 40 heavy (non-hydrogen) atoms. The summed E-state index contributed by atoms with van der Waals surface area (Å²) < 4.78 is 69.2. The number of rotatable bonds is 15. The number of aromatic nitrogens is 4. The highest BCUT2D eigenvalue weighted by Gasteiger charge is 2.26. The fourth-order valence-electron chi connectivity index (χ4n) is 3.05. The molecule has 2 aromatic heterocycles. The summed E-state index contributed by atoms with van der Waals surface area (Å²) in [4.78, 5) is 22.4. The molecule has 0 atom stereocenters. The zero-order valence-corrected chi connectivity index (χ0v) is 26.0. The highest BCUT2D eigenvalue weighted by atomic mass is 28.3. The first kappa shape index (κ1) is 35.5. The summed E-state index contributed by atoms with van der Waals surface area (Å²) in [5.41, 5.74) is -1.76. The van der Waals surface area contributed by atoms with Crippen LogP contribution in [0.3, 0.4) is 0 Å². The second kappa shape index (κ2) is 16.0. The summed E-state index contributed by atoms with van der Waals surface area (Å²) in [6.45, 7) is 15.6. The normalized spacial score (nSPS) is 12.0. The molecule has 0 aliphatic rings. The molecule has 0 aliphatic carbocycles. The van der Waals surface area contributed by atoms with Gasteiger partial charge in [0.25, 0.3) is 12.9 Å². The molecule has 0 aromatic carbocycles. The number of hydrogen-bond donors (Lipinski definition) is 1. The fourth-order valence-corrected chi connectivity index (χ4v) is 4.56. The van der Waals surface area contributed by atoms with Gasteiger partial charge in [0.1, 0.15) is 36.0 Å². The van der Waals surface area contributed by atoms with Crippen LogP contribution in [0.25, 0.3) is 0 Å². The van der Waals surface area contributed by atoms with E-state index >= 15 is 0 Å². The highest BCUT2D eigenvalue weighted by molar-refractivity contribution is 6.76. The van der Waals surface area contributed by atoms with E-state index in [1.807, 2.05) is 0 Å². The van der Waals surface area contributed by atoms with Crippen molar-refractivity contribution < 1.29 is 46.5 Å². The number of carboxylic acids is 1. The van der Waals surface area contributed by atoms with E-state index in [1.165, 1.54) is 0 Å². The summed E-state index contributed by atoms with van der Waals surface area (Å²) >= 11 is 0. The van der Waals surface area contributed by atoms with Gasteiger partial charge in [0.05, 0.1) is 19.0 Å². The van der Waals surface area contributed by atoms with Gasteiger partial charge in [-0.15, -0.1) is 0 Å². The van der Waals surface area contributed by atoms with Crippen molar-refractivity contribution in [1.29, 1.82) is 0 Å². The van der Waals surface area contributed by atoms with Gasteiger partial charge in [0.15, 0.2) is 0 Å². The van der Waals surface area contributed by atoms with E-state index in [2.05, 4.69) is 49.5 Å². The SMILES string of the molecule is CCOC(=O)c1cnn(COCC[Si](C)(C)C)c1C(F)F.C[Si](C)(C)CCOCn1ncc(C(=O)O)c1C(F)F. The summed E-state index contributed by atoms with van der Waals surface area (Å²) in [7, 11) is -2.47. The maximum atomic E-state index is 13.1. The van der Waals surface area contributed by atoms with Crippen LogP contribution in [0.2, 0.25) is 51.4 Å². The molecule has 0 radical (unpaired) electrons. The summed E-state index contributed by atoms with van der Waals surface area (Å²) in [5, 5.41) is 16.2. The van der Waals surface area contributed by atoms with Crippen LogP contribution in [0, 0.1) is 0 Å². The van der Waals surface area contributed by atoms with E-state index in [0.29, 0.717) is 13.2 Å². The maximum Gasteiger partial charge on any atom is 0.341 e. The van der Waals surface area contributed by atoms with Crippen molar-refractivity contribution in [3.63, 3.8) is 0 Å². The quantitative estimate of drug-likeness (QED) is 0.110. The molecule has 2 heterocycles. The number of carboxylic acid groups (broad SMARTS) is 1. The van der Waals surface area contributed by atoms with Crippen molar-refractivity contribution in [2.45, 2.75) is 84.6 Å². The Morgan fingerprint density at radius 2 is 1.23 bits per heavy atom. The number of ether oxygens (including phenoxy) is 3. The molecular weight excluding hydrogens is 572 g/mol. The van der Waals surface area contributed by atoms with Crippen molar-refractivity contribution in [2.75, 3.05) is 19.8 Å². The van der Waals surface area contributed by atoms with Crippen LogP contribution >= 0.6 is 0 Å². The van der Waals surface area contributed by atoms with E-state index in [0.717, 1.165) is 33.8 Å². The Labute approximate surface area is 233 Å². The molecule has 2 aromatic rings. The molecule has 0 saturated heterocycles. The molecule has 2 rings (SSSR count). The molecule has 16 heteroatoms. The van der Waals surface area contributed by atoms with E-state index in [1.54, 1.807) is 6.92 Å². The molecule has 228 valence electrons. The standard InChI is InChI=1S/C13H22F2N2O3Si.C11H18F2N2O3Si/c1-5-20-13(18)10-8-16-17(11(10)12(14)15)9-19-6-7-21(2,3)4;1-19(2,3)5-4-18-7-15-9(10(12)13)8(6-14-15)11(16)17/h8,12H,5-7,9H2,1-4H3;6,10H,4-5,7H2,1-3H3,(H,16,17). The topological polar surface area (TPSA) is 118 Å². The Morgan fingerprint density at radius 1 is 0.825 bits per heavy atom. The molecule has 0 amide bonds. The molecule has 0 aliphatic heterocycles. The van der Waals surface area contributed by atoms with Crippen molar-refractivity contribution >= 4 is 28.1 Å². The molecule has 1 N–H and O–H groups in total. The van der Waals surface area contributed by atoms with Gasteiger partial charge in [-0.25, -0.2) is 36.5 Å². The zero-order valence-electron chi connectivity index (χ0n) is 24.0. The van der Waals surface area contributed by atoms with Gasteiger partial charge in [-0.05, 0) is 19.0 Å². The number of esters is 1. The summed E-state index contributed by atoms with van der Waals surface area (Å²) in [6, 6.07) is 1.84. The zero-order chi connectivity index (χ0) is 30.7. The average molecular weight is 613 g/mol. The highest BCUT2D eigenvalue weighted by Crippen LogP contribution is 2.24. The van der Waals surface area contributed by atoms with Crippen LogP contribution in [-0.2, 0) is 27.7 Å². The third kappa shape index (κ3) is 12.3. The van der Waals surface area contributed by atoms with E-state index in [-0.39, 0.29) is 25.6 Å². The minimum absolute atomic E-state index is 0.0937. The third-order valence-corrected chi connectivity index (χ3v) is 8.73. The molecule has 0 saturated carbocycles. The molecule has 0 bridgehead atoms. The van der Waals surface area contributed by atoms with Crippen molar-refractivity contribution in [3.05, 3.63) is 34.9 Å². The van der Waals surface area contributed by atoms with Crippen LogP contribution in [-0.4, -0.2) is 72.6 Å². The minimum Gasteiger partial charge on any atom is -0.478 e. The summed E-state index contributed by atoms with van der Waals surface area (Å²) in [5.74, 6) is -2.20. The molecular formula is C24H40F4N4O6Si2. The Balaban J connectivity index is 0.000000402. The second-order valence-electron chi connectivity index (χ2n) is 11.2. The van der Waals surface area contributed by atoms with Crippen LogP contribution in [0.1, 0.15) is 51.9 Å². The number of alkyl halides is 4. The number of aromatic carboxylic acids is 1. The predicted molar refractivity (Wildman–Crippen MR) is 145 cm³/mol. The first-order chi connectivity index (χ1) is 18.5. The lowest BCUT2D eigenvalue weighted by atomic mass is 10.2. The lowest BCUT2D eigenvalue weighted by Gasteiger charge is -2.16. The van der Waals surface area contributed by atoms with Gasteiger partial charge in [0, 0.05) is 29.4 Å². The lowest BCUT2D eigenvalue weighted by molar-refractivity contribution is 0.0491. The largest absolute Gasteiger partial charge is 0.478 e. The number of carbonyl (C=O) groups excluding carboxylic acids is 1. The monoisotopic (exact) mass is 612 g/mol. The Kier molecular flexibility index (Phi) is 14.2. The Morgan fingerprint density at radius 3 is 1.57 bits per heavy atom. The number of hydrogen-bond acceptors (Lipinski definition) is 7. The molecule has 0 unspecified atom stereocenters. The number of halogens is 4. The van der Waals surface area contributed by atoms with Gasteiger partial charge >= 0.3 is 11.9 Å². The Hall–Kier alpha value is -2.57. The van der Waals surface area contributed by atoms with E-state index < -0.39 is 57.9 Å². The van der Waals surface area contributed by atoms with Gasteiger partial charge in [-0.2, -0.15) is 10.2 Å². The first-order valence-corrected chi connectivity index (χ1v) is 20.1. The van der Waals surface area contributed by atoms with Crippen molar-refractivity contribution in [3.8, 4) is 0 Å². The van der Waals surface area contributed by atoms with Crippen LogP contribution in [0.15, 0.2) is 12.4 Å². The van der Waals surface area contributed by atoms with Crippen molar-refractivity contribution in [1.82, 2.24) is 19.6 Å². The molecule has 0 spiro atoms. The van der Waals surface area contributed by atoms with Gasteiger partial charge in [-0.1, -0.05) is 39.3 Å². The van der Waals surface area contributed by atoms with E-state index in [4.69, 9.17) is 19.3 Å². The van der Waals surface area contributed by atoms with Gasteiger partial charge < -0.3 is 19.3 Å². The Bertz CT molecular complexity index is 1080. The van der Waals surface area contributed by atoms with Crippen LogP contribution in [0.5, 0.6) is 0 Å². The fraction of sp³-hybridized carbons (Fsp3) is 0.667. The summed E-state index contributed by atoms with van der Waals surface area (Å²) in [6.07, 6.45) is -3.69. The number of carbonyl (C=O) groups is 2. The minimum atomic E-state index is -2.89. The first-order valence-electron chi connectivity index (χ1n) is 12.7. The maximum absolute atomic E-state index is 13.1. The molecule has 10 nitrogen and oxygen atoms in total.